The van der Waals surface area contributed by atoms with E-state index in [0.29, 0.717) is 30.2 Å². The minimum atomic E-state index is -4.65. The van der Waals surface area contributed by atoms with Crippen molar-refractivity contribution in [2.45, 2.75) is 37.0 Å². The van der Waals surface area contributed by atoms with Gasteiger partial charge in [-0.25, -0.2) is 9.37 Å². The molecule has 1 unspecified atom stereocenters. The van der Waals surface area contributed by atoms with Crippen LogP contribution in [0.25, 0.3) is 22.2 Å². The molecule has 1 saturated carbocycles. The normalized spacial score (nSPS) is 18.9. The van der Waals surface area contributed by atoms with E-state index in [1.165, 1.54) is 37.4 Å². The molecule has 0 spiro atoms. The van der Waals surface area contributed by atoms with Gasteiger partial charge in [-0.15, -0.1) is 0 Å². The first-order valence-corrected chi connectivity index (χ1v) is 14.5. The number of halogens is 5. The van der Waals surface area contributed by atoms with Crippen molar-refractivity contribution in [3.63, 3.8) is 0 Å². The lowest BCUT2D eigenvalue weighted by Crippen LogP contribution is -2.44. The van der Waals surface area contributed by atoms with Gasteiger partial charge in [0.2, 0.25) is 5.91 Å². The second-order valence-electron chi connectivity index (χ2n) is 11.7. The molecule has 4 N–H and O–H groups in total. The number of nitrogens with two attached hydrogens (primary N) is 1. The minimum Gasteiger partial charge on any atom is -0.494 e. The number of carbonyl (C=O) groups is 2. The smallest absolute Gasteiger partial charge is 0.417 e. The van der Waals surface area contributed by atoms with Gasteiger partial charge in [0.25, 0.3) is 5.91 Å². The number of carbonyl (C=O) groups excluding carboxylic acids is 2. The zero-order valence-corrected chi connectivity index (χ0v) is 25.2. The molecular formula is C32H27ClF4N4O5. The van der Waals surface area contributed by atoms with Crippen LogP contribution in [0.3, 0.4) is 0 Å². The van der Waals surface area contributed by atoms with Crippen LogP contribution in [-0.2, 0) is 22.0 Å². The lowest BCUT2D eigenvalue weighted by atomic mass is 9.81. The highest BCUT2D eigenvalue weighted by Crippen LogP contribution is 2.50. The fourth-order valence-corrected chi connectivity index (χ4v) is 5.81. The third-order valence-corrected chi connectivity index (χ3v) is 8.87. The van der Waals surface area contributed by atoms with Crippen molar-refractivity contribution in [2.75, 3.05) is 20.3 Å². The second kappa shape index (κ2) is 11.1. The maximum atomic E-state index is 14.0. The number of hydrogen-bond acceptors (Lipinski definition) is 7. The number of primary amides is 1. The molecule has 2 aliphatic rings. The molecule has 1 fully saturated rings. The van der Waals surface area contributed by atoms with Crippen LogP contribution in [0.5, 0.6) is 11.5 Å². The molecule has 2 amide bonds. The van der Waals surface area contributed by atoms with E-state index in [2.05, 4.69) is 10.3 Å². The number of nitrogens with zero attached hydrogens (tertiary/aromatic N) is 2. The second-order valence-corrected chi connectivity index (χ2v) is 12.1. The number of aliphatic hydroxyl groups is 1. The highest BCUT2D eigenvalue weighted by atomic mass is 35.5. The fraction of sp³-hybridized carbons (Fsp3) is 0.312. The Morgan fingerprint density at radius 3 is 2.57 bits per heavy atom. The van der Waals surface area contributed by atoms with Gasteiger partial charge < -0.3 is 25.6 Å². The highest BCUT2D eigenvalue weighted by Gasteiger charge is 2.50. The number of aromatic nitrogens is 2. The summed E-state index contributed by atoms with van der Waals surface area (Å²) in [5.74, 6) is -2.06. The topological polar surface area (TPSA) is 137 Å². The van der Waals surface area contributed by atoms with Crippen molar-refractivity contribution in [1.82, 2.24) is 15.3 Å². The number of hydrogen-bond donors (Lipinski definition) is 3. The number of benzene rings is 2. The van der Waals surface area contributed by atoms with Crippen LogP contribution in [0.4, 0.5) is 17.6 Å². The molecule has 14 heteroatoms. The van der Waals surface area contributed by atoms with E-state index >= 15 is 0 Å². The summed E-state index contributed by atoms with van der Waals surface area (Å²) in [6, 6.07) is 8.92. The summed E-state index contributed by atoms with van der Waals surface area (Å²) in [7, 11) is 1.30. The van der Waals surface area contributed by atoms with Gasteiger partial charge in [0.1, 0.15) is 46.1 Å². The molecule has 0 saturated heterocycles. The lowest BCUT2D eigenvalue weighted by Gasteiger charge is -2.30. The number of nitrogens with one attached hydrogen (secondary N) is 1. The number of pyridine rings is 2. The maximum absolute atomic E-state index is 14.0. The van der Waals surface area contributed by atoms with Gasteiger partial charge >= 0.3 is 6.18 Å². The van der Waals surface area contributed by atoms with Crippen LogP contribution in [0, 0.1) is 11.7 Å². The Hall–Kier alpha value is -4.49. The molecule has 9 nitrogen and oxygen atoms in total. The summed E-state index contributed by atoms with van der Waals surface area (Å²) in [5, 5.41) is 14.7. The first kappa shape index (κ1) is 31.5. The van der Waals surface area contributed by atoms with E-state index < -0.39 is 40.4 Å². The zero-order valence-electron chi connectivity index (χ0n) is 24.5. The number of alkyl halides is 3. The fourth-order valence-electron chi connectivity index (χ4n) is 5.63. The van der Waals surface area contributed by atoms with Crippen molar-refractivity contribution < 1.29 is 41.7 Å². The van der Waals surface area contributed by atoms with Crippen LogP contribution < -0.4 is 20.5 Å². The predicted octanol–water partition coefficient (Wildman–Crippen LogP) is 5.28. The summed E-state index contributed by atoms with van der Waals surface area (Å²) in [4.78, 5) is 34.6. The van der Waals surface area contributed by atoms with E-state index in [1.54, 1.807) is 6.92 Å². The largest absolute Gasteiger partial charge is 0.494 e. The molecule has 2 aromatic heterocycles. The predicted molar refractivity (Wildman–Crippen MR) is 159 cm³/mol. The van der Waals surface area contributed by atoms with Gasteiger partial charge in [-0.1, -0.05) is 11.6 Å². The van der Waals surface area contributed by atoms with Crippen molar-refractivity contribution in [3.8, 4) is 22.8 Å². The lowest BCUT2D eigenvalue weighted by molar-refractivity contribution is -0.137. The quantitative estimate of drug-likeness (QED) is 0.219. The Bertz CT molecular complexity index is 1920. The van der Waals surface area contributed by atoms with E-state index in [-0.39, 0.29) is 63.4 Å². The summed E-state index contributed by atoms with van der Waals surface area (Å²) < 4.78 is 65.3. The van der Waals surface area contributed by atoms with Crippen LogP contribution in [0.15, 0.2) is 48.7 Å². The number of methoxy groups -OCH3 is 1. The third-order valence-electron chi connectivity index (χ3n) is 8.58. The van der Waals surface area contributed by atoms with Crippen LogP contribution in [0.1, 0.15) is 46.9 Å². The molecule has 6 rings (SSSR count). The zero-order chi connectivity index (χ0) is 33.2. The summed E-state index contributed by atoms with van der Waals surface area (Å²) >= 11 is 6.06. The van der Waals surface area contributed by atoms with Gasteiger partial charge in [-0.2, -0.15) is 13.2 Å². The van der Waals surface area contributed by atoms with Gasteiger partial charge in [-0.3, -0.25) is 14.6 Å². The average molecular weight is 659 g/mol. The molecule has 0 radical (unpaired) electrons. The molecule has 240 valence electrons. The maximum Gasteiger partial charge on any atom is 0.417 e. The molecule has 1 aliphatic carbocycles. The summed E-state index contributed by atoms with van der Waals surface area (Å²) in [6.45, 7) is 1.15. The van der Waals surface area contributed by atoms with Crippen molar-refractivity contribution in [2.24, 2.45) is 11.7 Å². The van der Waals surface area contributed by atoms with Crippen LogP contribution in [0.2, 0.25) is 5.02 Å². The minimum absolute atomic E-state index is 0.0260. The molecule has 46 heavy (non-hydrogen) atoms. The first-order valence-electron chi connectivity index (χ1n) is 14.2. The van der Waals surface area contributed by atoms with E-state index in [1.807, 2.05) is 0 Å². The third kappa shape index (κ3) is 5.36. The Morgan fingerprint density at radius 1 is 1.20 bits per heavy atom. The molecular weight excluding hydrogens is 632 g/mol. The Labute approximate surface area is 264 Å². The number of ether oxygens (including phenoxy) is 2. The van der Waals surface area contributed by atoms with Gasteiger partial charge in [0.05, 0.1) is 29.9 Å². The average Bonchev–Trinajstić information content (AvgIpc) is 3.83. The van der Waals surface area contributed by atoms with Gasteiger partial charge in [0.15, 0.2) is 0 Å². The summed E-state index contributed by atoms with van der Waals surface area (Å²) in [5.41, 5.74) is 2.86. The van der Waals surface area contributed by atoms with Crippen molar-refractivity contribution in [3.05, 3.63) is 81.9 Å². The van der Waals surface area contributed by atoms with E-state index in [9.17, 15) is 32.3 Å². The number of amides is 2. The monoisotopic (exact) mass is 658 g/mol. The first-order chi connectivity index (χ1) is 21.7. The Balaban J connectivity index is 1.39. The molecule has 0 bridgehead atoms. The van der Waals surface area contributed by atoms with Crippen LogP contribution in [-0.4, -0.2) is 47.2 Å². The van der Waals surface area contributed by atoms with E-state index in [0.717, 1.165) is 12.1 Å². The number of rotatable bonds is 8. The Kier molecular flexibility index (Phi) is 7.59. The van der Waals surface area contributed by atoms with Crippen LogP contribution >= 0.6 is 11.6 Å². The molecule has 2 atom stereocenters. The molecule has 1 aliphatic heterocycles. The summed E-state index contributed by atoms with van der Waals surface area (Å²) in [6.07, 6.45) is -2.76. The van der Waals surface area contributed by atoms with Crippen molar-refractivity contribution in [1.29, 1.82) is 0 Å². The van der Waals surface area contributed by atoms with Gasteiger partial charge in [-0.05, 0) is 68.1 Å². The highest BCUT2D eigenvalue weighted by molar-refractivity contribution is 6.31. The van der Waals surface area contributed by atoms with Gasteiger partial charge in [0, 0.05) is 28.3 Å². The number of fused-ring (bicyclic) bond motifs is 2. The van der Waals surface area contributed by atoms with Crippen molar-refractivity contribution >= 4 is 34.3 Å². The molecule has 2 aromatic carbocycles. The molecule has 3 heterocycles. The standard InChI is InChI=1S/C32H27ClF4N4O5/c1-30(29(38)43)14-46-27-20(30)11-24(41-26(27)15-3-6-22(34)21(33)9-15)31(44,18-4-5-18)13-40-28(42)17-7-16-8-19(32(35,36)37)12-39-25(16)23(10-17)45-2/h3,6-12,18,44H,4-5,13-14H2,1-2H3,(H2,38,43)(H,40,42)/t30-,31?/m0/s1. The molecule has 4 aromatic rings. The SMILES string of the molecule is COc1cc(C(=O)NCC(O)(c2cc3c(c(-c4ccc(F)c(Cl)c4)n2)OC[C@]3(C)C(N)=O)C2CC2)cc2cc(C(F)(F)F)cnc12. The Morgan fingerprint density at radius 2 is 1.93 bits per heavy atom. The van der Waals surface area contributed by atoms with E-state index in [4.69, 9.17) is 31.8 Å².